The number of piperidine rings is 2. The summed E-state index contributed by atoms with van der Waals surface area (Å²) in [5.41, 5.74) is 19.7. The molecule has 0 saturated carbocycles. The van der Waals surface area contributed by atoms with Gasteiger partial charge in [0.15, 0.2) is 0 Å². The van der Waals surface area contributed by atoms with E-state index in [0.29, 0.717) is 36.7 Å². The molecule has 406 valence electrons. The van der Waals surface area contributed by atoms with Gasteiger partial charge in [0.25, 0.3) is 5.91 Å². The van der Waals surface area contributed by atoms with Crippen molar-refractivity contribution in [2.75, 3.05) is 98.7 Å². The zero-order chi connectivity index (χ0) is 53.5. The van der Waals surface area contributed by atoms with Crippen molar-refractivity contribution in [3.8, 4) is 0 Å². The molecule has 3 heterocycles. The molecule has 3 saturated heterocycles. The molecule has 3 amide bonds. The number of allylic oxidation sites excluding steroid dienone is 6. The predicted octanol–water partition coefficient (Wildman–Crippen LogP) is 5.14. The minimum absolute atomic E-state index is 0. The third kappa shape index (κ3) is 20.6. The second kappa shape index (κ2) is 34.8. The van der Waals surface area contributed by atoms with Gasteiger partial charge in [-0.1, -0.05) is 65.0 Å². The van der Waals surface area contributed by atoms with Crippen LogP contribution in [0.2, 0.25) is 0 Å². The Bertz CT molecular complexity index is 2210. The van der Waals surface area contributed by atoms with Crippen molar-refractivity contribution >= 4 is 30.1 Å². The van der Waals surface area contributed by atoms with Gasteiger partial charge in [0.1, 0.15) is 5.82 Å². The quantitative estimate of drug-likeness (QED) is 0.0560. The average molecular weight is 1050 g/mol. The van der Waals surface area contributed by atoms with Crippen LogP contribution in [-0.2, 0) is 26.3 Å². The summed E-state index contributed by atoms with van der Waals surface area (Å²) < 4.78 is 20.2. The molecule has 1 atom stereocenters. The number of nitrogens with two attached hydrogens (primary N) is 2. The number of piperazine rings is 1. The fraction of sp³-hybridized carbons (Fsp3) is 0.534. The largest absolute Gasteiger partial charge is 1.00 e. The Morgan fingerprint density at radius 3 is 2.11 bits per heavy atom. The number of anilines is 1. The summed E-state index contributed by atoms with van der Waals surface area (Å²) in [6.45, 7) is 32.1. The van der Waals surface area contributed by atoms with Gasteiger partial charge in [-0.15, -0.1) is 0 Å². The van der Waals surface area contributed by atoms with E-state index >= 15 is 4.39 Å². The zero-order valence-electron chi connectivity index (χ0n) is 47.2. The van der Waals surface area contributed by atoms with Crippen LogP contribution in [0.1, 0.15) is 112 Å². The summed E-state index contributed by atoms with van der Waals surface area (Å²) in [6.07, 6.45) is 15.5. The van der Waals surface area contributed by atoms with Gasteiger partial charge in [0, 0.05) is 110 Å². The molecule has 1 unspecified atom stereocenters. The van der Waals surface area contributed by atoms with Gasteiger partial charge in [-0.3, -0.25) is 29.2 Å². The first-order chi connectivity index (χ1) is 34.4. The summed E-state index contributed by atoms with van der Waals surface area (Å²) in [5, 5.41) is 3.14. The number of ether oxygens (including phenoxy) is 1. The maximum Gasteiger partial charge on any atom is 1.00 e. The summed E-state index contributed by atoms with van der Waals surface area (Å²) in [4.78, 5) is 53.0. The van der Waals surface area contributed by atoms with E-state index in [4.69, 9.17) is 11.5 Å². The van der Waals surface area contributed by atoms with Crippen molar-refractivity contribution in [3.05, 3.63) is 130 Å². The number of primary amides is 1. The van der Waals surface area contributed by atoms with Crippen molar-refractivity contribution in [2.45, 2.75) is 104 Å². The number of methoxy groups -OCH3 is 1. The number of carbonyl (C=O) groups excluding carboxylic acids is 3. The number of likely N-dealkylation sites (N-methyl/N-ethyl adjacent to an activating group) is 1. The van der Waals surface area contributed by atoms with Crippen LogP contribution in [-0.4, -0.2) is 149 Å². The number of hydrogen-bond acceptors (Lipinski definition) is 11. The fourth-order valence-corrected chi connectivity index (χ4v) is 9.91. The summed E-state index contributed by atoms with van der Waals surface area (Å²) in [5.74, 6) is -0.304. The Labute approximate surface area is 487 Å². The molecule has 16 heteroatoms. The molecule has 5 rings (SSSR count). The van der Waals surface area contributed by atoms with E-state index < -0.39 is 11.9 Å². The van der Waals surface area contributed by atoms with E-state index in [1.807, 2.05) is 63.1 Å². The standard InChI is InChI=1S/C54H77FN9O3.C2H6O.C2H6.K.H2O/c1-10-49(52(57)66)64(37-65)50-12-11-42(31-47(50)54(5,6)7)36-62-27-25-61(26-28-62)35-41-15-23-63(24-16-41)53(67)45-30-40(4)51(48(55)33-45)43-17-21-60(22-18-43)34-38(2)29-39(3)44(14-20-58-8)32-46(59-9)13-19-56;1-3-2;1-2;;/h11-14,19-20,29-33,37,41,43,49,59H,1,3,10,15-18,21-28,34-36,56H2,2,4-9H3,(H2,57,66);1-2H3;1-2H3;;1H2/q-1;;;+1;/p-1/b19-13-,38-29+,44-14-,46-32+,58-20?;;;;. The molecule has 3 aliphatic rings. The first-order valence-corrected chi connectivity index (χ1v) is 25.8. The minimum atomic E-state index is -0.805. The number of rotatable bonds is 19. The van der Waals surface area contributed by atoms with E-state index in [2.05, 4.69) is 83.1 Å². The maximum absolute atomic E-state index is 16.0. The van der Waals surface area contributed by atoms with Gasteiger partial charge < -0.3 is 48.6 Å². The zero-order valence-corrected chi connectivity index (χ0v) is 50.3. The molecule has 14 nitrogen and oxygen atoms in total. The van der Waals surface area contributed by atoms with Crippen molar-refractivity contribution in [3.63, 3.8) is 0 Å². The second-order valence-electron chi connectivity index (χ2n) is 20.0. The molecule has 0 radical (unpaired) electrons. The Morgan fingerprint density at radius 2 is 1.59 bits per heavy atom. The molecule has 0 aliphatic carbocycles. The number of nitrogens with one attached hydrogen (secondary N) is 1. The predicted molar refractivity (Wildman–Crippen MR) is 299 cm³/mol. The van der Waals surface area contributed by atoms with Crippen LogP contribution in [0.15, 0.2) is 94.8 Å². The number of benzene rings is 2. The topological polar surface area (TPSA) is 183 Å². The number of likely N-dealkylation sites (tertiary alicyclic amines) is 2. The van der Waals surface area contributed by atoms with Gasteiger partial charge in [0.2, 0.25) is 12.3 Å². The third-order valence-corrected chi connectivity index (χ3v) is 13.6. The molecule has 3 fully saturated rings. The molecule has 0 aromatic heterocycles. The van der Waals surface area contributed by atoms with Crippen LogP contribution in [0.3, 0.4) is 0 Å². The molecule has 74 heavy (non-hydrogen) atoms. The molecule has 2 aromatic carbocycles. The van der Waals surface area contributed by atoms with E-state index in [-0.39, 0.29) is 86.3 Å². The molecule has 0 bridgehead atoms. The number of carbonyl (C=O) groups is 3. The Morgan fingerprint density at radius 1 is 0.986 bits per heavy atom. The van der Waals surface area contributed by atoms with E-state index in [0.717, 1.165) is 124 Å². The number of aryl methyl sites for hydroxylation is 1. The number of halogens is 1. The molecule has 6 N–H and O–H groups in total. The van der Waals surface area contributed by atoms with Crippen molar-refractivity contribution < 1.29 is 80.4 Å². The van der Waals surface area contributed by atoms with Gasteiger partial charge in [-0.05, 0) is 146 Å². The minimum Gasteiger partial charge on any atom is -0.870 e. The third-order valence-electron chi connectivity index (χ3n) is 13.6. The van der Waals surface area contributed by atoms with Crippen molar-refractivity contribution in [1.82, 2.24) is 24.9 Å². The van der Waals surface area contributed by atoms with E-state index in [1.165, 1.54) is 22.7 Å². The second-order valence-corrected chi connectivity index (χ2v) is 20.0. The Hall–Kier alpha value is -3.81. The Balaban J connectivity index is 0.00000377. The molecule has 3 aliphatic heterocycles. The summed E-state index contributed by atoms with van der Waals surface area (Å²) >= 11 is 0. The normalized spacial score (nSPS) is 17.3. The van der Waals surface area contributed by atoms with Gasteiger partial charge in [-0.25, -0.2) is 4.39 Å². The Kier molecular flexibility index (Phi) is 32.0. The molecular weight excluding hydrogens is 961 g/mol. The van der Waals surface area contributed by atoms with Gasteiger partial charge in [-0.2, -0.15) is 6.42 Å². The first-order valence-electron chi connectivity index (χ1n) is 25.8. The first kappa shape index (κ1) is 68.2. The smallest absolute Gasteiger partial charge is 0.870 e. The maximum atomic E-state index is 16.0. The van der Waals surface area contributed by atoms with E-state index in [9.17, 15) is 14.4 Å². The van der Waals surface area contributed by atoms with Crippen LogP contribution in [0.25, 0.3) is 0 Å². The molecular formula is C58H90FKN9O5-. The fourth-order valence-electron chi connectivity index (χ4n) is 9.91. The number of aliphatic imine (C=N–C) groups is 1. The van der Waals surface area contributed by atoms with Crippen LogP contribution >= 0.6 is 0 Å². The number of hydrogen-bond donors (Lipinski definition) is 3. The SMILES string of the molecule is C=C(/C=C(\C)CN1CCC(c2c(C)cc(C(=O)N3CCC(CN4CCN(Cc5ccc(N(C=O)C(C[CH2-])C(N)=O)c(C(C)(C)C)c5)CC4)CC3)cc2F)CC1)C(=C\C=NC)/C=C(\C=C/N)NC.CC.COC.[K+].[OH-]. The monoisotopic (exact) mass is 1050 g/mol. The van der Waals surface area contributed by atoms with Gasteiger partial charge >= 0.3 is 51.4 Å². The summed E-state index contributed by atoms with van der Waals surface area (Å²) in [7, 11) is 6.83. The van der Waals surface area contributed by atoms with Crippen LogP contribution in [0, 0.1) is 25.6 Å². The molecule has 2 aromatic rings. The van der Waals surface area contributed by atoms with Crippen molar-refractivity contribution in [2.24, 2.45) is 22.4 Å². The number of nitrogens with zero attached hydrogens (tertiary/aromatic N) is 6. The van der Waals surface area contributed by atoms with Gasteiger partial charge in [0.05, 0.1) is 6.04 Å². The van der Waals surface area contributed by atoms with E-state index in [1.54, 1.807) is 33.6 Å². The van der Waals surface area contributed by atoms with Crippen LogP contribution in [0.5, 0.6) is 0 Å². The van der Waals surface area contributed by atoms with Crippen LogP contribution < -0.4 is 73.1 Å². The number of amides is 3. The summed E-state index contributed by atoms with van der Waals surface area (Å²) in [6, 6.07) is 8.72. The molecule has 0 spiro atoms. The van der Waals surface area contributed by atoms with Crippen molar-refractivity contribution in [1.29, 1.82) is 0 Å². The average Bonchev–Trinajstić information content (AvgIpc) is 3.35. The van der Waals surface area contributed by atoms with Crippen LogP contribution in [0.4, 0.5) is 10.1 Å².